The van der Waals surface area contributed by atoms with Crippen molar-refractivity contribution in [2.75, 3.05) is 0 Å². The molecule has 78 valence electrons. The molecular weight excluding hydrogens is 258 g/mol. The molecule has 0 fully saturated rings. The molecule has 0 aliphatic heterocycles. The van der Waals surface area contributed by atoms with Crippen LogP contribution in [0.4, 0.5) is 4.39 Å². The fourth-order valence-electron chi connectivity index (χ4n) is 1.11. The Hall–Kier alpha value is -0.710. The van der Waals surface area contributed by atoms with Crippen LogP contribution < -0.4 is 0 Å². The molecule has 0 saturated carbocycles. The van der Waals surface area contributed by atoms with Crippen molar-refractivity contribution < 1.29 is 4.39 Å². The predicted molar refractivity (Wildman–Crippen MR) is 59.9 cm³/mol. The van der Waals surface area contributed by atoms with Gasteiger partial charge in [-0.2, -0.15) is 0 Å². The summed E-state index contributed by atoms with van der Waals surface area (Å²) < 4.78 is 13.5. The summed E-state index contributed by atoms with van der Waals surface area (Å²) >= 11 is 12.7. The van der Waals surface area contributed by atoms with E-state index in [1.54, 1.807) is 12.1 Å². The van der Waals surface area contributed by atoms with Gasteiger partial charge in [-0.05, 0) is 12.1 Å². The first-order valence-electron chi connectivity index (χ1n) is 4.05. The minimum absolute atomic E-state index is 0.268. The van der Waals surface area contributed by atoms with Gasteiger partial charge in [-0.15, -0.1) is 21.8 Å². The van der Waals surface area contributed by atoms with E-state index in [1.165, 1.54) is 17.4 Å². The van der Waals surface area contributed by atoms with Crippen molar-refractivity contribution in [1.29, 1.82) is 0 Å². The number of hydrogen-bond acceptors (Lipinski definition) is 3. The highest BCUT2D eigenvalue weighted by Crippen LogP contribution is 2.32. The molecule has 6 heteroatoms. The highest BCUT2D eigenvalue weighted by atomic mass is 35.5. The lowest BCUT2D eigenvalue weighted by molar-refractivity contribution is 0.631. The van der Waals surface area contributed by atoms with Crippen LogP contribution in [0.3, 0.4) is 0 Å². The largest absolute Gasteiger partial charge is 0.206 e. The smallest absolute Gasteiger partial charge is 0.152 e. The molecule has 2 rings (SSSR count). The first-order chi connectivity index (χ1) is 7.22. The second kappa shape index (κ2) is 4.43. The molecule has 0 atom stereocenters. The molecule has 0 spiro atoms. The average molecular weight is 263 g/mol. The molecule has 0 N–H and O–H groups in total. The van der Waals surface area contributed by atoms with Crippen LogP contribution in [-0.2, 0) is 5.88 Å². The minimum atomic E-state index is -0.403. The highest BCUT2D eigenvalue weighted by Gasteiger charge is 2.14. The molecule has 0 saturated heterocycles. The summed E-state index contributed by atoms with van der Waals surface area (Å²) in [7, 11) is 0. The molecular formula is C9H5Cl2FN2S. The molecule has 2 nitrogen and oxygen atoms in total. The summed E-state index contributed by atoms with van der Waals surface area (Å²) in [5, 5.41) is 9.07. The summed E-state index contributed by atoms with van der Waals surface area (Å²) in [6.45, 7) is 0. The number of nitrogens with zero attached hydrogens (tertiary/aromatic N) is 2. The van der Waals surface area contributed by atoms with Crippen molar-refractivity contribution in [3.8, 4) is 10.6 Å². The van der Waals surface area contributed by atoms with Gasteiger partial charge in [0.05, 0.1) is 16.5 Å². The standard InChI is InChI=1S/C9H5Cl2FN2S/c10-4-7-13-14-9(15-7)8-5(11)2-1-3-6(8)12/h1-3H,4H2. The molecule has 1 heterocycles. The van der Waals surface area contributed by atoms with Gasteiger partial charge < -0.3 is 0 Å². The Labute approximate surface area is 99.7 Å². The van der Waals surface area contributed by atoms with E-state index in [2.05, 4.69) is 10.2 Å². The molecule has 0 aliphatic carbocycles. The molecule has 15 heavy (non-hydrogen) atoms. The van der Waals surface area contributed by atoms with Crippen molar-refractivity contribution in [3.63, 3.8) is 0 Å². The van der Waals surface area contributed by atoms with E-state index in [4.69, 9.17) is 23.2 Å². The maximum atomic E-state index is 13.5. The van der Waals surface area contributed by atoms with Crippen molar-refractivity contribution >= 4 is 34.5 Å². The van der Waals surface area contributed by atoms with Gasteiger partial charge in [0.1, 0.15) is 10.8 Å². The zero-order valence-electron chi connectivity index (χ0n) is 7.38. The van der Waals surface area contributed by atoms with Crippen LogP contribution in [0, 0.1) is 5.82 Å². The topological polar surface area (TPSA) is 25.8 Å². The fourth-order valence-corrected chi connectivity index (χ4v) is 2.39. The number of halogens is 3. The van der Waals surface area contributed by atoms with E-state index >= 15 is 0 Å². The molecule has 1 aromatic heterocycles. The Morgan fingerprint density at radius 3 is 2.73 bits per heavy atom. The van der Waals surface area contributed by atoms with Crippen molar-refractivity contribution in [2.45, 2.75) is 5.88 Å². The Kier molecular flexibility index (Phi) is 3.19. The van der Waals surface area contributed by atoms with E-state index in [0.717, 1.165) is 0 Å². The van der Waals surface area contributed by atoms with Crippen LogP contribution in [0.2, 0.25) is 5.02 Å². The van der Waals surface area contributed by atoms with Crippen LogP contribution in [-0.4, -0.2) is 10.2 Å². The Morgan fingerprint density at radius 2 is 2.13 bits per heavy atom. The molecule has 0 unspecified atom stereocenters. The first-order valence-corrected chi connectivity index (χ1v) is 5.78. The number of alkyl halides is 1. The zero-order valence-corrected chi connectivity index (χ0v) is 9.70. The van der Waals surface area contributed by atoms with Gasteiger partial charge in [-0.1, -0.05) is 29.0 Å². The third kappa shape index (κ3) is 2.12. The Morgan fingerprint density at radius 1 is 1.33 bits per heavy atom. The van der Waals surface area contributed by atoms with Gasteiger partial charge in [0.25, 0.3) is 0 Å². The van der Waals surface area contributed by atoms with Gasteiger partial charge in [-0.25, -0.2) is 4.39 Å². The third-order valence-electron chi connectivity index (χ3n) is 1.76. The number of aromatic nitrogens is 2. The Balaban J connectivity index is 2.53. The monoisotopic (exact) mass is 262 g/mol. The van der Waals surface area contributed by atoms with Crippen LogP contribution in [0.25, 0.3) is 10.6 Å². The summed E-state index contributed by atoms with van der Waals surface area (Å²) in [6, 6.07) is 4.50. The number of hydrogen-bond donors (Lipinski definition) is 0. The number of benzene rings is 1. The molecule has 1 aromatic carbocycles. The quantitative estimate of drug-likeness (QED) is 0.771. The molecule has 2 aromatic rings. The van der Waals surface area contributed by atoms with Crippen LogP contribution in [0.5, 0.6) is 0 Å². The van der Waals surface area contributed by atoms with E-state index < -0.39 is 5.82 Å². The van der Waals surface area contributed by atoms with Gasteiger partial charge in [0, 0.05) is 0 Å². The van der Waals surface area contributed by atoms with Gasteiger partial charge in [0.15, 0.2) is 5.01 Å². The second-order valence-electron chi connectivity index (χ2n) is 2.73. The van der Waals surface area contributed by atoms with Gasteiger partial charge in [0.2, 0.25) is 0 Å². The maximum Gasteiger partial charge on any atom is 0.152 e. The Bertz CT molecular complexity index is 466. The van der Waals surface area contributed by atoms with Crippen LogP contribution in [0.15, 0.2) is 18.2 Å². The normalized spacial score (nSPS) is 10.6. The molecule has 0 bridgehead atoms. The second-order valence-corrected chi connectivity index (χ2v) is 4.47. The predicted octanol–water partition coefficient (Wildman–Crippen LogP) is 3.74. The van der Waals surface area contributed by atoms with Gasteiger partial charge in [-0.3, -0.25) is 0 Å². The lowest BCUT2D eigenvalue weighted by Gasteiger charge is -1.99. The first kappa shape index (κ1) is 10.8. The van der Waals surface area contributed by atoms with E-state index in [-0.39, 0.29) is 11.4 Å². The SMILES string of the molecule is Fc1cccc(Cl)c1-c1nnc(CCl)s1. The maximum absolute atomic E-state index is 13.5. The summed E-state index contributed by atoms with van der Waals surface area (Å²) in [6.07, 6.45) is 0. The van der Waals surface area contributed by atoms with E-state index in [9.17, 15) is 4.39 Å². The lowest BCUT2D eigenvalue weighted by Crippen LogP contribution is -1.84. The van der Waals surface area contributed by atoms with E-state index in [0.29, 0.717) is 15.0 Å². The minimum Gasteiger partial charge on any atom is -0.206 e. The molecule has 0 aliphatic rings. The van der Waals surface area contributed by atoms with Crippen molar-refractivity contribution in [2.24, 2.45) is 0 Å². The lowest BCUT2D eigenvalue weighted by atomic mass is 10.2. The average Bonchev–Trinajstić information content (AvgIpc) is 2.66. The highest BCUT2D eigenvalue weighted by molar-refractivity contribution is 7.14. The zero-order chi connectivity index (χ0) is 10.8. The third-order valence-corrected chi connectivity index (χ3v) is 3.43. The van der Waals surface area contributed by atoms with Crippen molar-refractivity contribution in [1.82, 2.24) is 10.2 Å². The molecule has 0 amide bonds. The summed E-state index contributed by atoms with van der Waals surface area (Å²) in [5.74, 6) is -0.135. The molecule has 0 radical (unpaired) electrons. The van der Waals surface area contributed by atoms with Crippen LogP contribution >= 0.6 is 34.5 Å². The fraction of sp³-hybridized carbons (Fsp3) is 0.111. The van der Waals surface area contributed by atoms with E-state index in [1.807, 2.05) is 0 Å². The van der Waals surface area contributed by atoms with Crippen LogP contribution in [0.1, 0.15) is 5.01 Å². The summed E-state index contributed by atoms with van der Waals surface area (Å²) in [4.78, 5) is 0. The van der Waals surface area contributed by atoms with Gasteiger partial charge >= 0.3 is 0 Å². The van der Waals surface area contributed by atoms with Crippen molar-refractivity contribution in [3.05, 3.63) is 34.0 Å². The summed E-state index contributed by atoms with van der Waals surface area (Å²) in [5.41, 5.74) is 0.285. The number of rotatable bonds is 2.